The average molecular weight is 492 g/mol. The first-order valence-corrected chi connectivity index (χ1v) is 12.1. The van der Waals surface area contributed by atoms with Gasteiger partial charge in [-0.2, -0.15) is 0 Å². The van der Waals surface area contributed by atoms with Crippen molar-refractivity contribution in [2.75, 3.05) is 0 Å². The molecule has 0 fully saturated rings. The third-order valence-corrected chi connectivity index (χ3v) is 6.85. The Bertz CT molecular complexity index is 2020. The highest BCUT2D eigenvalue weighted by atomic mass is 32.1. The van der Waals surface area contributed by atoms with Gasteiger partial charge in [-0.1, -0.05) is 72.7 Å². The second-order valence-electron chi connectivity index (χ2n) is 8.79. The van der Waals surface area contributed by atoms with Crippen LogP contribution in [0.4, 0.5) is 0 Å². The number of thiol groups is 1. The zero-order chi connectivity index (χ0) is 24.9. The quantitative estimate of drug-likeness (QED) is 0.161. The lowest BCUT2D eigenvalue weighted by Gasteiger charge is -2.17. The first kappa shape index (κ1) is 21.4. The summed E-state index contributed by atoms with van der Waals surface area (Å²) >= 11 is 4.18. The van der Waals surface area contributed by atoms with Crippen molar-refractivity contribution in [3.8, 4) is 34.4 Å². The van der Waals surface area contributed by atoms with Gasteiger partial charge in [0.05, 0.1) is 33.5 Å². The molecule has 0 saturated carbocycles. The maximum absolute atomic E-state index is 8.36. The lowest BCUT2D eigenvalue weighted by Crippen LogP contribution is -2.19. The predicted octanol–water partition coefficient (Wildman–Crippen LogP) is 6.68. The van der Waals surface area contributed by atoms with Gasteiger partial charge in [-0.05, 0) is 36.9 Å². The van der Waals surface area contributed by atoms with Crippen molar-refractivity contribution in [2.45, 2.75) is 0 Å². The minimum absolute atomic E-state index is 0.147. The maximum Gasteiger partial charge on any atom is 0.132 e. The number of hydrogen-bond acceptors (Lipinski definition) is 6. The fourth-order valence-corrected chi connectivity index (χ4v) is 5.09. The van der Waals surface area contributed by atoms with Gasteiger partial charge in [-0.25, -0.2) is 14.4 Å². The van der Waals surface area contributed by atoms with Crippen molar-refractivity contribution >= 4 is 56.9 Å². The molecular weight excluding hydrogens is 474 g/mol. The largest absolute Gasteiger partial charge is 0.290 e. The summed E-state index contributed by atoms with van der Waals surface area (Å²) in [6.07, 6.45) is 1.80. The van der Waals surface area contributed by atoms with E-state index in [1.807, 2.05) is 66.7 Å². The maximum atomic E-state index is 8.36. The molecule has 0 spiro atoms. The highest BCUT2D eigenvalue weighted by molar-refractivity contribution is 7.79. The summed E-state index contributed by atoms with van der Waals surface area (Å²) in [5.74, 6) is 6.03. The Balaban J connectivity index is 1.49. The van der Waals surface area contributed by atoms with E-state index in [0.717, 1.165) is 66.4 Å². The number of fused-ring (bicyclic) bond motifs is 6. The van der Waals surface area contributed by atoms with Gasteiger partial charge in [0.25, 0.3) is 0 Å². The molecule has 0 saturated heterocycles. The molecule has 172 valence electrons. The first-order valence-electron chi connectivity index (χ1n) is 11.7. The highest BCUT2D eigenvalue weighted by Crippen LogP contribution is 2.34. The molecule has 6 heteroatoms. The van der Waals surface area contributed by atoms with Crippen molar-refractivity contribution in [1.82, 2.24) is 15.0 Å². The molecule has 37 heavy (non-hydrogen) atoms. The van der Waals surface area contributed by atoms with Crippen LogP contribution in [0.15, 0.2) is 95.5 Å². The van der Waals surface area contributed by atoms with Crippen LogP contribution in [0.3, 0.4) is 0 Å². The fraction of sp³-hybridized carbons (Fsp3) is 0. The zero-order valence-electron chi connectivity index (χ0n) is 19.4. The molecule has 3 aromatic carbocycles. The van der Waals surface area contributed by atoms with Crippen molar-refractivity contribution in [2.24, 2.45) is 4.40 Å². The van der Waals surface area contributed by atoms with Gasteiger partial charge in [-0.15, -0.1) is 0 Å². The third-order valence-electron chi connectivity index (χ3n) is 6.65. The minimum Gasteiger partial charge on any atom is -0.290 e. The van der Waals surface area contributed by atoms with Gasteiger partial charge < -0.3 is 0 Å². The monoisotopic (exact) mass is 491 g/mol. The van der Waals surface area contributed by atoms with Crippen molar-refractivity contribution in [3.63, 3.8) is 0 Å². The Morgan fingerprint density at radius 1 is 0.757 bits per heavy atom. The summed E-state index contributed by atoms with van der Waals surface area (Å²) in [5, 5.41) is 11.3. The van der Waals surface area contributed by atoms with Crippen molar-refractivity contribution in [3.05, 3.63) is 102 Å². The molecule has 1 aliphatic carbocycles. The van der Waals surface area contributed by atoms with Crippen LogP contribution in [0.2, 0.25) is 0 Å². The number of pyridine rings is 3. The Morgan fingerprint density at radius 3 is 2.41 bits per heavy atom. The van der Waals surface area contributed by atoms with Crippen LogP contribution in [-0.2, 0) is 0 Å². The number of hydrogen-bond donors (Lipinski definition) is 2. The van der Waals surface area contributed by atoms with E-state index in [-0.39, 0.29) is 5.71 Å². The number of nitrogens with zero attached hydrogens (tertiary/aromatic N) is 4. The second-order valence-corrected chi connectivity index (χ2v) is 8.99. The van der Waals surface area contributed by atoms with Crippen LogP contribution in [0, 0.1) is 17.3 Å². The third kappa shape index (κ3) is 3.40. The van der Waals surface area contributed by atoms with E-state index in [1.165, 1.54) is 0 Å². The van der Waals surface area contributed by atoms with E-state index in [9.17, 15) is 0 Å². The van der Waals surface area contributed by atoms with Gasteiger partial charge in [0, 0.05) is 39.0 Å². The van der Waals surface area contributed by atoms with Crippen LogP contribution in [0.5, 0.6) is 0 Å². The van der Waals surface area contributed by atoms with E-state index >= 15 is 0 Å². The smallest absolute Gasteiger partial charge is 0.132 e. The molecule has 1 N–H and O–H groups in total. The van der Waals surface area contributed by atoms with Crippen LogP contribution in [0.25, 0.3) is 55.2 Å². The summed E-state index contributed by atoms with van der Waals surface area (Å²) in [4.78, 5) is 14.7. The molecule has 3 heterocycles. The molecule has 5 nitrogen and oxygen atoms in total. The van der Waals surface area contributed by atoms with Gasteiger partial charge in [0.15, 0.2) is 0 Å². The number of benzene rings is 3. The number of rotatable bonds is 2. The Kier molecular flexibility index (Phi) is 4.85. The zero-order valence-corrected chi connectivity index (χ0v) is 20.3. The summed E-state index contributed by atoms with van der Waals surface area (Å²) in [6, 6.07) is 28.3. The molecule has 0 radical (unpaired) electrons. The van der Waals surface area contributed by atoms with Crippen LogP contribution in [-0.4, -0.2) is 26.4 Å². The molecule has 3 aromatic heterocycles. The van der Waals surface area contributed by atoms with Crippen LogP contribution >= 0.6 is 12.8 Å². The lowest BCUT2D eigenvalue weighted by atomic mass is 9.89. The minimum atomic E-state index is 0.147. The number of aromatic nitrogens is 3. The molecule has 0 bridgehead atoms. The predicted molar refractivity (Wildman–Crippen MR) is 153 cm³/mol. The van der Waals surface area contributed by atoms with E-state index in [0.29, 0.717) is 5.71 Å². The Morgan fingerprint density at radius 2 is 1.57 bits per heavy atom. The van der Waals surface area contributed by atoms with Gasteiger partial charge in [-0.3, -0.25) is 10.4 Å². The summed E-state index contributed by atoms with van der Waals surface area (Å²) in [7, 11) is 0. The van der Waals surface area contributed by atoms with E-state index in [1.54, 1.807) is 6.20 Å². The van der Waals surface area contributed by atoms with E-state index in [4.69, 9.17) is 15.4 Å². The van der Waals surface area contributed by atoms with Crippen LogP contribution < -0.4 is 0 Å². The van der Waals surface area contributed by atoms with Crippen molar-refractivity contribution < 1.29 is 0 Å². The van der Waals surface area contributed by atoms with Crippen molar-refractivity contribution in [1.29, 1.82) is 5.41 Å². The molecule has 0 unspecified atom stereocenters. The lowest BCUT2D eigenvalue weighted by molar-refractivity contribution is 1.35. The Hall–Kier alpha value is -4.86. The first-order chi connectivity index (χ1) is 18.2. The normalized spacial score (nSPS) is 13.6. The molecule has 1 aliphatic rings. The molecule has 0 amide bonds. The number of nitrogens with one attached hydrogen (secondary N) is 1. The molecule has 7 rings (SSSR count). The summed E-state index contributed by atoms with van der Waals surface area (Å²) < 4.78 is 4.14. The highest BCUT2D eigenvalue weighted by Gasteiger charge is 2.24. The topological polar surface area (TPSA) is 74.9 Å². The molecular formula is C31H17N5S. The second kappa shape index (κ2) is 8.37. The van der Waals surface area contributed by atoms with E-state index < -0.39 is 0 Å². The summed E-state index contributed by atoms with van der Waals surface area (Å²) in [6.45, 7) is 0. The van der Waals surface area contributed by atoms with Crippen LogP contribution in [0.1, 0.15) is 11.1 Å². The summed E-state index contributed by atoms with van der Waals surface area (Å²) in [5.41, 5.74) is 8.17. The molecule has 0 aliphatic heterocycles. The van der Waals surface area contributed by atoms with E-state index in [2.05, 4.69) is 52.2 Å². The van der Waals surface area contributed by atoms with Gasteiger partial charge >= 0.3 is 0 Å². The Labute approximate surface area is 218 Å². The standard InChI is InChI=1S/C31H17N5S/c32-24-14-13-23-27(31(24)36-37)22-12-10-21(17-26(22)35-28(23)18-5-2-1-3-6-18)25-15-11-20-9-8-19-7-4-16-33-29(19)30(20)34-25/h1-12,15-17,32,37H. The molecule has 0 atom stereocenters. The van der Waals surface area contributed by atoms with Gasteiger partial charge in [0.2, 0.25) is 0 Å². The fourth-order valence-electron chi connectivity index (χ4n) is 4.89. The van der Waals surface area contributed by atoms with Gasteiger partial charge in [0.1, 0.15) is 11.4 Å². The average Bonchev–Trinajstić information content (AvgIpc) is 2.96. The molecule has 6 aromatic rings. The SMILES string of the molecule is N=C1C#Cc2c(-c3ccccc3)nc3cc(-c4ccc5ccc6cccnc6c5n4)ccc3c2C1=NS.